The number of carbonyl (C=O) groups is 1. The number of nitrogens with zero attached hydrogens (tertiary/aromatic N) is 2. The fourth-order valence-electron chi connectivity index (χ4n) is 4.44. The maximum Gasteiger partial charge on any atom is 0.244 e. The van der Waals surface area contributed by atoms with E-state index < -0.39 is 5.54 Å². The number of benzene rings is 1. The molecule has 1 aromatic carbocycles. The first-order valence-electron chi connectivity index (χ1n) is 9.21. The number of hydrogen-bond acceptors (Lipinski definition) is 5. The predicted molar refractivity (Wildman–Crippen MR) is 105 cm³/mol. The highest BCUT2D eigenvalue weighted by atomic mass is 32.1. The van der Waals surface area contributed by atoms with Crippen LogP contribution in [0.2, 0.25) is 0 Å². The first kappa shape index (κ1) is 17.6. The summed E-state index contributed by atoms with van der Waals surface area (Å²) in [7, 11) is 2.08. The van der Waals surface area contributed by atoms with E-state index in [1.54, 1.807) is 11.3 Å². The van der Waals surface area contributed by atoms with Gasteiger partial charge < -0.3 is 11.1 Å². The van der Waals surface area contributed by atoms with Crippen molar-refractivity contribution >= 4 is 22.9 Å². The maximum absolute atomic E-state index is 12.6. The molecule has 5 nitrogen and oxygen atoms in total. The number of aromatic nitrogens is 1. The van der Waals surface area contributed by atoms with Crippen LogP contribution in [-0.2, 0) is 17.9 Å². The molecule has 2 saturated carbocycles. The van der Waals surface area contributed by atoms with Crippen molar-refractivity contribution in [3.63, 3.8) is 0 Å². The van der Waals surface area contributed by atoms with E-state index in [0.29, 0.717) is 5.41 Å². The highest BCUT2D eigenvalue weighted by Crippen LogP contribution is 2.59. The molecule has 1 heterocycles. The van der Waals surface area contributed by atoms with Crippen LogP contribution in [-0.4, -0.2) is 28.4 Å². The van der Waals surface area contributed by atoms with Gasteiger partial charge in [0, 0.05) is 24.2 Å². The van der Waals surface area contributed by atoms with Gasteiger partial charge in [-0.25, -0.2) is 4.98 Å². The van der Waals surface area contributed by atoms with E-state index in [-0.39, 0.29) is 5.91 Å². The number of thiazole rings is 1. The highest BCUT2D eigenvalue weighted by Gasteiger charge is 2.58. The molecule has 0 aliphatic heterocycles. The zero-order valence-electron chi connectivity index (χ0n) is 15.2. The van der Waals surface area contributed by atoms with Crippen molar-refractivity contribution in [1.29, 1.82) is 0 Å². The molecule has 2 aliphatic rings. The summed E-state index contributed by atoms with van der Waals surface area (Å²) in [5, 5.41) is 5.11. The van der Waals surface area contributed by atoms with Gasteiger partial charge in [-0.1, -0.05) is 18.6 Å². The third kappa shape index (κ3) is 3.54. The topological polar surface area (TPSA) is 71.2 Å². The molecule has 6 heteroatoms. The molecule has 138 valence electrons. The SMILES string of the molecule is CN(Cc1cccc(NC(=O)C2(N)CC3(CCC3)C2)c1)Cc1cscn1. The van der Waals surface area contributed by atoms with E-state index in [1.807, 2.05) is 23.7 Å². The van der Waals surface area contributed by atoms with Crippen LogP contribution in [0.15, 0.2) is 35.2 Å². The lowest BCUT2D eigenvalue weighted by Crippen LogP contribution is -2.66. The van der Waals surface area contributed by atoms with Gasteiger partial charge in [-0.2, -0.15) is 0 Å². The number of rotatable bonds is 6. The Hall–Kier alpha value is -1.76. The van der Waals surface area contributed by atoms with E-state index in [2.05, 4.69) is 33.7 Å². The second-order valence-corrected chi connectivity index (χ2v) is 8.89. The molecular weight excluding hydrogens is 344 g/mol. The summed E-state index contributed by atoms with van der Waals surface area (Å²) in [4.78, 5) is 19.2. The lowest BCUT2D eigenvalue weighted by atomic mass is 9.48. The molecule has 3 N–H and O–H groups in total. The van der Waals surface area contributed by atoms with Crippen LogP contribution >= 0.6 is 11.3 Å². The molecule has 1 spiro atoms. The highest BCUT2D eigenvalue weighted by molar-refractivity contribution is 7.07. The summed E-state index contributed by atoms with van der Waals surface area (Å²) in [5.41, 5.74) is 11.0. The van der Waals surface area contributed by atoms with E-state index in [1.165, 1.54) is 19.3 Å². The first-order valence-corrected chi connectivity index (χ1v) is 10.2. The van der Waals surface area contributed by atoms with Crippen LogP contribution in [0.25, 0.3) is 0 Å². The Morgan fingerprint density at radius 3 is 2.81 bits per heavy atom. The lowest BCUT2D eigenvalue weighted by molar-refractivity contribution is -0.135. The standard InChI is InChI=1S/C20H26N4OS/c1-24(10-17-11-26-14-22-17)9-15-4-2-5-16(8-15)23-18(25)20(21)12-19(13-20)6-3-7-19/h2,4-5,8,11,14H,3,6-7,9-10,12-13,21H2,1H3,(H,23,25). The van der Waals surface area contributed by atoms with E-state index in [0.717, 1.165) is 42.9 Å². The van der Waals surface area contributed by atoms with Gasteiger partial charge in [0.05, 0.1) is 16.7 Å². The normalized spacial score (nSPS) is 19.8. The van der Waals surface area contributed by atoms with Crippen LogP contribution < -0.4 is 11.1 Å². The number of nitrogens with two attached hydrogens (primary N) is 1. The van der Waals surface area contributed by atoms with E-state index in [4.69, 9.17) is 5.73 Å². The number of nitrogens with one attached hydrogen (secondary N) is 1. The molecule has 1 amide bonds. The zero-order valence-corrected chi connectivity index (χ0v) is 16.0. The maximum atomic E-state index is 12.6. The van der Waals surface area contributed by atoms with Crippen molar-refractivity contribution in [3.05, 3.63) is 46.4 Å². The average Bonchev–Trinajstić information content (AvgIpc) is 3.03. The van der Waals surface area contributed by atoms with Gasteiger partial charge in [0.25, 0.3) is 0 Å². The van der Waals surface area contributed by atoms with E-state index in [9.17, 15) is 4.79 Å². The molecule has 2 fully saturated rings. The first-order chi connectivity index (χ1) is 12.5. The summed E-state index contributed by atoms with van der Waals surface area (Å²) < 4.78 is 0. The summed E-state index contributed by atoms with van der Waals surface area (Å²) in [6.45, 7) is 1.62. The minimum atomic E-state index is -0.683. The molecule has 4 rings (SSSR count). The molecule has 0 radical (unpaired) electrons. The number of carbonyl (C=O) groups excluding carboxylic acids is 1. The molecule has 2 aliphatic carbocycles. The second-order valence-electron chi connectivity index (χ2n) is 8.17. The van der Waals surface area contributed by atoms with Crippen molar-refractivity contribution in [2.75, 3.05) is 12.4 Å². The number of anilines is 1. The van der Waals surface area contributed by atoms with Gasteiger partial charge in [0.15, 0.2) is 0 Å². The Morgan fingerprint density at radius 2 is 2.15 bits per heavy atom. The van der Waals surface area contributed by atoms with Gasteiger partial charge in [-0.05, 0) is 55.8 Å². The molecular formula is C20H26N4OS. The quantitative estimate of drug-likeness (QED) is 0.818. The van der Waals surface area contributed by atoms with E-state index >= 15 is 0 Å². The zero-order chi connectivity index (χ0) is 18.2. The summed E-state index contributed by atoms with van der Waals surface area (Å²) >= 11 is 1.62. The van der Waals surface area contributed by atoms with Crippen molar-refractivity contribution in [1.82, 2.24) is 9.88 Å². The molecule has 1 aromatic heterocycles. The average molecular weight is 371 g/mol. The van der Waals surface area contributed by atoms with Crippen LogP contribution in [0, 0.1) is 5.41 Å². The number of hydrogen-bond donors (Lipinski definition) is 2. The summed E-state index contributed by atoms with van der Waals surface area (Å²) in [5.74, 6) is -0.0389. The second kappa shape index (κ2) is 6.76. The van der Waals surface area contributed by atoms with Crippen molar-refractivity contribution in [2.45, 2.75) is 50.7 Å². The van der Waals surface area contributed by atoms with Gasteiger partial charge in [0.2, 0.25) is 5.91 Å². The Labute approximate surface area is 158 Å². The lowest BCUT2D eigenvalue weighted by Gasteiger charge is -2.58. The fraction of sp³-hybridized carbons (Fsp3) is 0.500. The van der Waals surface area contributed by atoms with Crippen LogP contribution in [0.1, 0.15) is 43.4 Å². The molecule has 0 atom stereocenters. The minimum Gasteiger partial charge on any atom is -0.324 e. The van der Waals surface area contributed by atoms with Crippen molar-refractivity contribution < 1.29 is 4.79 Å². The molecule has 0 unspecified atom stereocenters. The monoisotopic (exact) mass is 370 g/mol. The van der Waals surface area contributed by atoms with Crippen LogP contribution in [0.4, 0.5) is 5.69 Å². The largest absolute Gasteiger partial charge is 0.324 e. The Balaban J connectivity index is 1.34. The Morgan fingerprint density at radius 1 is 1.35 bits per heavy atom. The fourth-order valence-corrected chi connectivity index (χ4v) is 4.99. The van der Waals surface area contributed by atoms with Gasteiger partial charge in [0.1, 0.15) is 0 Å². The van der Waals surface area contributed by atoms with Gasteiger partial charge in [-0.15, -0.1) is 11.3 Å². The van der Waals surface area contributed by atoms with Crippen molar-refractivity contribution in [2.24, 2.45) is 11.1 Å². The Kier molecular flexibility index (Phi) is 4.59. The predicted octanol–water partition coefficient (Wildman–Crippen LogP) is 3.38. The van der Waals surface area contributed by atoms with Gasteiger partial charge >= 0.3 is 0 Å². The molecule has 0 bridgehead atoms. The molecule has 2 aromatic rings. The summed E-state index contributed by atoms with van der Waals surface area (Å²) in [6.07, 6.45) is 5.43. The molecule has 26 heavy (non-hydrogen) atoms. The third-order valence-corrected chi connectivity index (χ3v) is 6.44. The summed E-state index contributed by atoms with van der Waals surface area (Å²) in [6, 6.07) is 8.04. The third-order valence-electron chi connectivity index (χ3n) is 5.80. The minimum absolute atomic E-state index is 0.0389. The van der Waals surface area contributed by atoms with Crippen molar-refractivity contribution in [3.8, 4) is 0 Å². The van der Waals surface area contributed by atoms with Gasteiger partial charge in [-0.3, -0.25) is 9.69 Å². The van der Waals surface area contributed by atoms with Crippen LogP contribution in [0.3, 0.4) is 0 Å². The molecule has 0 saturated heterocycles. The smallest absolute Gasteiger partial charge is 0.244 e. The number of amides is 1. The van der Waals surface area contributed by atoms with Crippen LogP contribution in [0.5, 0.6) is 0 Å². The Bertz CT molecular complexity index is 777.